The van der Waals surface area contributed by atoms with Crippen molar-refractivity contribution in [1.82, 2.24) is 4.90 Å². The molecule has 1 aliphatic rings. The summed E-state index contributed by atoms with van der Waals surface area (Å²) in [6.07, 6.45) is 0.723. The van der Waals surface area contributed by atoms with Crippen LogP contribution in [0.4, 0.5) is 4.39 Å². The van der Waals surface area contributed by atoms with Crippen LogP contribution in [0.25, 0.3) is 0 Å². The van der Waals surface area contributed by atoms with Gasteiger partial charge >= 0.3 is 0 Å². The zero-order valence-corrected chi connectivity index (χ0v) is 13.1. The molecule has 1 heterocycles. The van der Waals surface area contributed by atoms with Gasteiger partial charge in [0, 0.05) is 19.1 Å². The van der Waals surface area contributed by atoms with Crippen molar-refractivity contribution in [1.29, 1.82) is 0 Å². The van der Waals surface area contributed by atoms with Gasteiger partial charge in [-0.2, -0.15) is 0 Å². The van der Waals surface area contributed by atoms with Crippen LogP contribution in [-0.4, -0.2) is 29.9 Å². The number of halogens is 3. The molecule has 1 amide bonds. The van der Waals surface area contributed by atoms with Crippen LogP contribution in [0.5, 0.6) is 0 Å². The summed E-state index contributed by atoms with van der Waals surface area (Å²) in [5.41, 5.74) is 5.90. The summed E-state index contributed by atoms with van der Waals surface area (Å²) in [6, 6.07) is 4.54. The second-order valence-corrected chi connectivity index (χ2v) is 6.12. The molecule has 0 spiro atoms. The molecule has 1 aliphatic heterocycles. The highest BCUT2D eigenvalue weighted by atomic mass is 35.5. The van der Waals surface area contributed by atoms with E-state index in [4.69, 9.17) is 17.3 Å². The predicted molar refractivity (Wildman–Crippen MR) is 80.9 cm³/mol. The number of nitrogens with two attached hydrogens (primary N) is 1. The smallest absolute Gasteiger partial charge is 0.256 e. The molecule has 0 bridgehead atoms. The summed E-state index contributed by atoms with van der Waals surface area (Å²) in [4.78, 5) is 14.0. The van der Waals surface area contributed by atoms with E-state index >= 15 is 0 Å². The van der Waals surface area contributed by atoms with E-state index in [-0.39, 0.29) is 40.4 Å². The Morgan fingerprint density at radius 3 is 2.75 bits per heavy atom. The zero-order valence-electron chi connectivity index (χ0n) is 11.5. The lowest BCUT2D eigenvalue weighted by Gasteiger charge is -2.42. The van der Waals surface area contributed by atoms with Crippen LogP contribution in [0.3, 0.4) is 0 Å². The van der Waals surface area contributed by atoms with Gasteiger partial charge in [0.15, 0.2) is 5.82 Å². The Morgan fingerprint density at radius 1 is 1.50 bits per heavy atom. The van der Waals surface area contributed by atoms with Gasteiger partial charge in [-0.3, -0.25) is 4.79 Å². The van der Waals surface area contributed by atoms with Gasteiger partial charge in [0.1, 0.15) is 0 Å². The van der Waals surface area contributed by atoms with Crippen molar-refractivity contribution in [2.75, 3.05) is 13.1 Å². The Labute approximate surface area is 129 Å². The van der Waals surface area contributed by atoms with Crippen molar-refractivity contribution < 1.29 is 9.18 Å². The number of benzene rings is 1. The number of hydrogen-bond acceptors (Lipinski definition) is 2. The molecule has 1 atom stereocenters. The van der Waals surface area contributed by atoms with E-state index < -0.39 is 5.82 Å². The average molecular weight is 321 g/mol. The first-order chi connectivity index (χ1) is 8.83. The molecule has 1 aromatic rings. The average Bonchev–Trinajstić information content (AvgIpc) is 2.35. The molecule has 0 radical (unpaired) electrons. The molecule has 0 aliphatic carbocycles. The summed E-state index contributed by atoms with van der Waals surface area (Å²) in [5, 5.41) is -0.0289. The van der Waals surface area contributed by atoms with Gasteiger partial charge < -0.3 is 10.6 Å². The van der Waals surface area contributed by atoms with E-state index in [1.165, 1.54) is 12.1 Å². The van der Waals surface area contributed by atoms with Crippen LogP contribution in [0.15, 0.2) is 18.2 Å². The highest BCUT2D eigenvalue weighted by Gasteiger charge is 2.36. The van der Waals surface area contributed by atoms with E-state index in [1.54, 1.807) is 11.0 Å². The monoisotopic (exact) mass is 320 g/mol. The molecule has 6 heteroatoms. The number of carbonyl (C=O) groups is 1. The molecule has 20 heavy (non-hydrogen) atoms. The third kappa shape index (κ3) is 3.25. The standard InChI is InChI=1S/C14H18ClFN2O.ClH/c1-14(2)8-18(7-6-11(14)17)13(19)9-4-3-5-10(15)12(9)16;/h3-5,11H,6-8,17H2,1-2H3;1H. The van der Waals surface area contributed by atoms with E-state index in [0.717, 1.165) is 6.42 Å². The van der Waals surface area contributed by atoms with Gasteiger partial charge in [-0.05, 0) is 24.0 Å². The first-order valence-electron chi connectivity index (χ1n) is 6.32. The summed E-state index contributed by atoms with van der Waals surface area (Å²) in [5.74, 6) is -0.971. The first-order valence-corrected chi connectivity index (χ1v) is 6.69. The van der Waals surface area contributed by atoms with E-state index in [0.29, 0.717) is 13.1 Å². The summed E-state index contributed by atoms with van der Waals surface area (Å²) < 4.78 is 13.9. The maximum absolute atomic E-state index is 13.9. The largest absolute Gasteiger partial charge is 0.338 e. The number of rotatable bonds is 1. The molecular weight excluding hydrogens is 302 g/mol. The van der Waals surface area contributed by atoms with Gasteiger partial charge in [-0.25, -0.2) is 4.39 Å². The minimum Gasteiger partial charge on any atom is -0.338 e. The fourth-order valence-corrected chi connectivity index (χ4v) is 2.56. The lowest BCUT2D eigenvalue weighted by atomic mass is 9.79. The summed E-state index contributed by atoms with van der Waals surface area (Å²) >= 11 is 5.71. The molecule has 1 unspecified atom stereocenters. The molecule has 1 aromatic carbocycles. The second kappa shape index (κ2) is 6.29. The van der Waals surface area contributed by atoms with Gasteiger partial charge in [0.05, 0.1) is 10.6 Å². The van der Waals surface area contributed by atoms with E-state index in [1.807, 2.05) is 13.8 Å². The van der Waals surface area contributed by atoms with E-state index in [2.05, 4.69) is 0 Å². The minimum absolute atomic E-state index is 0. The summed E-state index contributed by atoms with van der Waals surface area (Å²) in [7, 11) is 0. The Morgan fingerprint density at radius 2 is 2.15 bits per heavy atom. The van der Waals surface area contributed by atoms with Gasteiger partial charge in [-0.15, -0.1) is 12.4 Å². The number of hydrogen-bond donors (Lipinski definition) is 1. The third-order valence-corrected chi connectivity index (χ3v) is 4.07. The Kier molecular flexibility index (Phi) is 5.41. The van der Waals surface area contributed by atoms with Crippen LogP contribution in [0, 0.1) is 11.2 Å². The fraction of sp³-hybridized carbons (Fsp3) is 0.500. The Balaban J connectivity index is 0.00000200. The molecule has 0 saturated carbocycles. The highest BCUT2D eigenvalue weighted by molar-refractivity contribution is 6.31. The molecule has 0 aromatic heterocycles. The van der Waals surface area contributed by atoms with Gasteiger partial charge in [0.2, 0.25) is 0 Å². The number of piperidine rings is 1. The normalized spacial score (nSPS) is 21.2. The van der Waals surface area contributed by atoms with Crippen molar-refractivity contribution in [3.05, 3.63) is 34.6 Å². The molecule has 3 nitrogen and oxygen atoms in total. The Hall–Kier alpha value is -0.840. The van der Waals surface area contributed by atoms with Gasteiger partial charge in [-0.1, -0.05) is 31.5 Å². The molecule has 1 saturated heterocycles. The zero-order chi connectivity index (χ0) is 14.2. The van der Waals surface area contributed by atoms with E-state index in [9.17, 15) is 9.18 Å². The highest BCUT2D eigenvalue weighted by Crippen LogP contribution is 2.29. The number of likely N-dealkylation sites (tertiary alicyclic amines) is 1. The van der Waals surface area contributed by atoms with Crippen LogP contribution in [-0.2, 0) is 0 Å². The molecule has 1 fully saturated rings. The molecule has 112 valence electrons. The quantitative estimate of drug-likeness (QED) is 0.864. The lowest BCUT2D eigenvalue weighted by molar-refractivity contribution is 0.0528. The molecular formula is C14H19Cl2FN2O. The number of nitrogens with zero attached hydrogens (tertiary/aromatic N) is 1. The minimum atomic E-state index is -0.651. The van der Waals surface area contributed by atoms with Crippen molar-refractivity contribution in [3.8, 4) is 0 Å². The topological polar surface area (TPSA) is 46.3 Å². The van der Waals surface area contributed by atoms with Crippen molar-refractivity contribution in [3.63, 3.8) is 0 Å². The first kappa shape index (κ1) is 17.2. The summed E-state index contributed by atoms with van der Waals surface area (Å²) in [6.45, 7) is 5.12. The van der Waals surface area contributed by atoms with Crippen LogP contribution >= 0.6 is 24.0 Å². The second-order valence-electron chi connectivity index (χ2n) is 5.71. The molecule has 2 rings (SSSR count). The van der Waals surface area contributed by atoms with Crippen molar-refractivity contribution >= 4 is 29.9 Å². The van der Waals surface area contributed by atoms with Crippen molar-refractivity contribution in [2.24, 2.45) is 11.1 Å². The predicted octanol–water partition coefficient (Wildman–Crippen LogP) is 3.10. The van der Waals surface area contributed by atoms with Crippen LogP contribution < -0.4 is 5.73 Å². The third-order valence-electron chi connectivity index (χ3n) is 3.78. The lowest BCUT2D eigenvalue weighted by Crippen LogP contribution is -2.54. The SMILES string of the molecule is CC1(C)CN(C(=O)c2cccc(Cl)c2F)CCC1N.Cl. The Bertz CT molecular complexity index is 508. The molecule has 2 N–H and O–H groups in total. The van der Waals surface area contributed by atoms with Gasteiger partial charge in [0.25, 0.3) is 5.91 Å². The maximum atomic E-state index is 13.9. The fourth-order valence-electron chi connectivity index (χ4n) is 2.39. The number of carbonyl (C=O) groups excluding carboxylic acids is 1. The number of amides is 1. The maximum Gasteiger partial charge on any atom is 0.256 e. The van der Waals surface area contributed by atoms with Crippen LogP contribution in [0.1, 0.15) is 30.6 Å². The van der Waals surface area contributed by atoms with Crippen molar-refractivity contribution in [2.45, 2.75) is 26.3 Å². The van der Waals surface area contributed by atoms with Crippen LogP contribution in [0.2, 0.25) is 5.02 Å².